The van der Waals surface area contributed by atoms with Crippen molar-refractivity contribution in [2.45, 2.75) is 87.4 Å². The zero-order valence-electron chi connectivity index (χ0n) is 29.9. The van der Waals surface area contributed by atoms with Crippen LogP contribution >= 0.6 is 11.3 Å². The molecule has 290 valence electrons. The molecule has 54 heavy (non-hydrogen) atoms. The third kappa shape index (κ3) is 7.46. The van der Waals surface area contributed by atoms with Crippen LogP contribution < -0.4 is 19.5 Å². The van der Waals surface area contributed by atoms with Crippen LogP contribution in [0.1, 0.15) is 62.6 Å². The van der Waals surface area contributed by atoms with Gasteiger partial charge in [0.1, 0.15) is 39.9 Å². The van der Waals surface area contributed by atoms with Crippen molar-refractivity contribution in [1.82, 2.24) is 29.8 Å². The Labute approximate surface area is 314 Å². The molecule has 7 rings (SSSR count). The Morgan fingerprint density at radius 3 is 2.59 bits per heavy atom. The van der Waals surface area contributed by atoms with Crippen molar-refractivity contribution >= 4 is 50.1 Å². The summed E-state index contributed by atoms with van der Waals surface area (Å²) in [5, 5.41) is 3.68. The summed E-state index contributed by atoms with van der Waals surface area (Å²) in [5.41, 5.74) is -1.37. The maximum atomic E-state index is 14.3. The number of fused-ring (bicyclic) bond motifs is 3. The van der Waals surface area contributed by atoms with Gasteiger partial charge in [-0.05, 0) is 70.4 Å². The molecule has 2 N–H and O–H groups in total. The summed E-state index contributed by atoms with van der Waals surface area (Å²) < 4.78 is 80.3. The highest BCUT2D eigenvalue weighted by Crippen LogP contribution is 2.46. The van der Waals surface area contributed by atoms with E-state index in [4.69, 9.17) is 9.47 Å². The van der Waals surface area contributed by atoms with E-state index in [-0.39, 0.29) is 41.7 Å². The monoisotopic (exact) mass is 790 g/mol. The second kappa shape index (κ2) is 14.3. The first kappa shape index (κ1) is 37.8. The van der Waals surface area contributed by atoms with Crippen LogP contribution in [0.2, 0.25) is 0 Å². The average molecular weight is 791 g/mol. The number of hydrogen-bond donors (Lipinski definition) is 2. The lowest BCUT2D eigenvalue weighted by Gasteiger charge is -2.40. The number of carbonyl (C=O) groups excluding carboxylic acids is 3. The van der Waals surface area contributed by atoms with Crippen LogP contribution in [0.3, 0.4) is 0 Å². The van der Waals surface area contributed by atoms with Crippen LogP contribution in [0.5, 0.6) is 11.5 Å². The summed E-state index contributed by atoms with van der Waals surface area (Å²) in [6.45, 7) is 2.17. The first-order valence-electron chi connectivity index (χ1n) is 17.9. The molecule has 2 saturated carbocycles. The molecule has 13 nitrogen and oxygen atoms in total. The highest BCUT2D eigenvalue weighted by molar-refractivity contribution is 7.91. The van der Waals surface area contributed by atoms with Crippen molar-refractivity contribution in [3.63, 3.8) is 0 Å². The molecule has 4 atom stereocenters. The predicted octanol–water partition coefficient (Wildman–Crippen LogP) is 5.18. The van der Waals surface area contributed by atoms with Gasteiger partial charge in [-0.1, -0.05) is 12.2 Å². The number of thiazole rings is 1. The highest BCUT2D eigenvalue weighted by Gasteiger charge is 2.62. The number of piperidine rings is 1. The molecule has 2 aliphatic heterocycles. The normalized spacial score (nSPS) is 25.9. The first-order chi connectivity index (χ1) is 25.6. The van der Waals surface area contributed by atoms with Crippen molar-refractivity contribution in [2.24, 2.45) is 5.92 Å². The quantitative estimate of drug-likeness (QED) is 0.308. The number of nitrogens with zero attached hydrogens (tertiary/aromatic N) is 4. The molecule has 1 unspecified atom stereocenters. The number of aromatic nitrogens is 2. The lowest BCUT2D eigenvalue weighted by Crippen LogP contribution is -2.62. The minimum absolute atomic E-state index is 0.0307. The number of nitrogens with one attached hydrogen (secondary N) is 2. The number of benzene rings is 1. The van der Waals surface area contributed by atoms with Gasteiger partial charge in [0.2, 0.25) is 15.9 Å². The van der Waals surface area contributed by atoms with Crippen LogP contribution in [0.4, 0.5) is 18.0 Å². The molecule has 0 bridgehead atoms. The number of urea groups is 1. The number of hydrogen-bond acceptors (Lipinski definition) is 10. The SMILES string of the molecule is COc1ccc2c(OC3CC[C@H]4C(=O)N(C)CCCC/C=C/[C@H]5C[C@]5(C(=O)NS(=O)(=O)C5CC5)NC(=O)N4C3)cc(-c3nc(C(F)(F)F)cs3)nc2c1C. The Balaban J connectivity index is 1.21. The van der Waals surface area contributed by atoms with Crippen LogP contribution in [-0.2, 0) is 25.8 Å². The fourth-order valence-electron chi connectivity index (χ4n) is 7.19. The highest BCUT2D eigenvalue weighted by atomic mass is 32.2. The number of methoxy groups -OCH3 is 1. The third-order valence-electron chi connectivity index (χ3n) is 10.6. The number of likely N-dealkylation sites (N-methyl/N-ethyl adjacent to an activating group) is 1. The number of aryl methyl sites for hydroxylation is 1. The van der Waals surface area contributed by atoms with Gasteiger partial charge in [-0.15, -0.1) is 11.3 Å². The number of carbonyl (C=O) groups is 3. The van der Waals surface area contributed by atoms with Crippen LogP contribution in [0, 0.1) is 12.8 Å². The standard InChI is InChI=1S/C36H41F3N6O7S2/c1-20-27(51-3)14-12-24-28(16-25(40-30(20)24)31-41-29(19-53-31)36(37,38)39)52-22-9-13-26-32(46)44(2)15-7-5-4-6-8-21-17-35(21,42-34(48)45(26)18-22)33(47)43-54(49,50)23-10-11-23/h6,8,12,14,16,19,21-23,26H,4-5,7,9-11,13,15,17-18H2,1-3H3,(H,42,48)(H,43,47)/b8-6+/t21-,22?,26-,35-/m0/s1. The summed E-state index contributed by atoms with van der Waals surface area (Å²) >= 11 is 0.794. The van der Waals surface area contributed by atoms with Crippen molar-refractivity contribution < 1.29 is 45.4 Å². The molecule has 3 fully saturated rings. The Morgan fingerprint density at radius 1 is 1.11 bits per heavy atom. The van der Waals surface area contributed by atoms with Gasteiger partial charge in [0.25, 0.3) is 5.91 Å². The van der Waals surface area contributed by atoms with E-state index >= 15 is 0 Å². The van der Waals surface area contributed by atoms with E-state index < -0.39 is 62.7 Å². The van der Waals surface area contributed by atoms with Crippen molar-refractivity contribution in [2.75, 3.05) is 27.2 Å². The van der Waals surface area contributed by atoms with E-state index in [1.165, 1.54) is 18.1 Å². The maximum absolute atomic E-state index is 14.3. The number of rotatable bonds is 7. The van der Waals surface area contributed by atoms with E-state index in [0.717, 1.165) is 29.6 Å². The lowest BCUT2D eigenvalue weighted by atomic mass is 9.98. The Morgan fingerprint density at radius 2 is 1.89 bits per heavy atom. The molecule has 4 aliphatic rings. The fraction of sp³-hybridized carbons (Fsp3) is 0.528. The number of ether oxygens (including phenoxy) is 2. The van der Waals surface area contributed by atoms with Gasteiger partial charge in [0.05, 0.1) is 24.4 Å². The second-order valence-electron chi connectivity index (χ2n) is 14.4. The smallest absolute Gasteiger partial charge is 0.434 e. The maximum Gasteiger partial charge on any atom is 0.434 e. The summed E-state index contributed by atoms with van der Waals surface area (Å²) in [6.07, 6.45) is 2.29. The van der Waals surface area contributed by atoms with Gasteiger partial charge in [-0.25, -0.2) is 23.2 Å². The molecule has 4 amide bonds. The van der Waals surface area contributed by atoms with E-state index in [2.05, 4.69) is 20.0 Å². The molecule has 2 aromatic heterocycles. The summed E-state index contributed by atoms with van der Waals surface area (Å²) in [4.78, 5) is 53.2. The third-order valence-corrected chi connectivity index (χ3v) is 13.2. The van der Waals surface area contributed by atoms with Gasteiger partial charge in [-0.2, -0.15) is 13.2 Å². The van der Waals surface area contributed by atoms with Crippen LogP contribution in [0.25, 0.3) is 21.6 Å². The molecule has 1 saturated heterocycles. The van der Waals surface area contributed by atoms with Crippen molar-refractivity contribution in [3.05, 3.63) is 47.0 Å². The summed E-state index contributed by atoms with van der Waals surface area (Å²) in [6, 6.07) is 3.36. The van der Waals surface area contributed by atoms with Crippen LogP contribution in [-0.4, -0.2) is 96.2 Å². The molecule has 0 radical (unpaired) electrons. The van der Waals surface area contributed by atoms with E-state index in [9.17, 15) is 36.0 Å². The van der Waals surface area contributed by atoms with Gasteiger partial charge >= 0.3 is 12.2 Å². The summed E-state index contributed by atoms with van der Waals surface area (Å²) in [7, 11) is -0.729. The minimum Gasteiger partial charge on any atom is -0.496 e. The zero-order valence-corrected chi connectivity index (χ0v) is 31.6. The Hall–Kier alpha value is -4.45. The van der Waals surface area contributed by atoms with Crippen molar-refractivity contribution in [3.8, 4) is 22.2 Å². The molecule has 3 aromatic rings. The Bertz CT molecular complexity index is 2120. The summed E-state index contributed by atoms with van der Waals surface area (Å²) in [5.74, 6) is -0.742. The van der Waals surface area contributed by atoms with E-state index in [1.807, 2.05) is 12.2 Å². The van der Waals surface area contributed by atoms with Crippen LogP contribution in [0.15, 0.2) is 35.7 Å². The number of pyridine rings is 1. The number of allylic oxidation sites excluding steroid dienone is 1. The number of sulfonamides is 1. The molecule has 18 heteroatoms. The zero-order chi connectivity index (χ0) is 38.6. The average Bonchev–Trinajstić information content (AvgIpc) is 4.05. The van der Waals surface area contributed by atoms with E-state index in [1.54, 1.807) is 31.0 Å². The molecular weight excluding hydrogens is 750 g/mol. The van der Waals surface area contributed by atoms with Gasteiger partial charge in [0.15, 0.2) is 5.69 Å². The largest absolute Gasteiger partial charge is 0.496 e. The number of amides is 4. The second-order valence-corrected chi connectivity index (χ2v) is 17.2. The molecule has 1 aromatic carbocycles. The number of alkyl halides is 3. The van der Waals surface area contributed by atoms with Gasteiger partial charge in [0, 0.05) is 41.9 Å². The van der Waals surface area contributed by atoms with Gasteiger partial charge < -0.3 is 24.6 Å². The fourth-order valence-corrected chi connectivity index (χ4v) is 9.34. The lowest BCUT2D eigenvalue weighted by molar-refractivity contribution is -0.140. The van der Waals surface area contributed by atoms with Gasteiger partial charge in [-0.3, -0.25) is 14.3 Å². The minimum atomic E-state index is -4.64. The van der Waals surface area contributed by atoms with Crippen molar-refractivity contribution in [1.29, 1.82) is 0 Å². The topological polar surface area (TPSA) is 160 Å². The molecular formula is C36H41F3N6O7S2. The molecule has 0 spiro atoms. The van der Waals surface area contributed by atoms with E-state index in [0.29, 0.717) is 54.4 Å². The molecule has 2 aliphatic carbocycles. The molecule has 4 heterocycles. The Kier molecular flexibility index (Phi) is 10.0. The predicted molar refractivity (Wildman–Crippen MR) is 193 cm³/mol. The number of halogens is 3. The first-order valence-corrected chi connectivity index (χ1v) is 20.3.